The normalized spacial score (nSPS) is 12.8. The van der Waals surface area contributed by atoms with Crippen LogP contribution in [-0.4, -0.2) is 36.8 Å². The molecule has 0 aliphatic carbocycles. The molecule has 0 aromatic rings. The van der Waals surface area contributed by atoms with Gasteiger partial charge in [-0.05, 0) is 40.4 Å². The third kappa shape index (κ3) is 23.9. The number of rotatable bonds is 21. The maximum absolute atomic E-state index is 9.21. The van der Waals surface area contributed by atoms with E-state index in [1.807, 2.05) is 6.92 Å². The molecule has 0 spiro atoms. The lowest BCUT2D eigenvalue weighted by atomic mass is 10.0. The molecule has 0 bridgehead atoms. The van der Waals surface area contributed by atoms with Crippen LogP contribution < -0.4 is 0 Å². The van der Waals surface area contributed by atoms with Crippen LogP contribution in [0.1, 0.15) is 129 Å². The predicted octanol–water partition coefficient (Wildman–Crippen LogP) is 7.34. The molecule has 0 radical (unpaired) electrons. The van der Waals surface area contributed by atoms with Crippen molar-refractivity contribution in [2.24, 2.45) is 0 Å². The number of aliphatic hydroxyl groups is 1. The Morgan fingerprint density at radius 3 is 1.04 bits per heavy atom. The van der Waals surface area contributed by atoms with Crippen molar-refractivity contribution in [3.05, 3.63) is 0 Å². The van der Waals surface area contributed by atoms with E-state index in [1.54, 1.807) is 0 Å². The molecule has 0 fully saturated rings. The zero-order chi connectivity index (χ0) is 19.3. The summed E-state index contributed by atoms with van der Waals surface area (Å²) in [5.74, 6) is 0. The molecule has 0 heterocycles. The summed E-state index contributed by atoms with van der Waals surface area (Å²) in [4.78, 5) is 2.29. The third-order valence-electron chi connectivity index (χ3n) is 5.48. The number of nitrogens with zero attached hydrogens (tertiary/aromatic N) is 1. The van der Waals surface area contributed by atoms with Crippen LogP contribution >= 0.6 is 0 Å². The molecule has 0 rings (SSSR count). The van der Waals surface area contributed by atoms with Gasteiger partial charge in [0.25, 0.3) is 0 Å². The predicted molar refractivity (Wildman–Crippen MR) is 118 cm³/mol. The van der Waals surface area contributed by atoms with Crippen LogP contribution in [0.3, 0.4) is 0 Å². The van der Waals surface area contributed by atoms with Crippen LogP contribution in [-0.2, 0) is 0 Å². The number of hydrogen-bond acceptors (Lipinski definition) is 2. The lowest BCUT2D eigenvalue weighted by Gasteiger charge is -2.08. The topological polar surface area (TPSA) is 23.5 Å². The lowest BCUT2D eigenvalue weighted by molar-refractivity contribution is 0.180. The van der Waals surface area contributed by atoms with Crippen molar-refractivity contribution in [2.45, 2.75) is 135 Å². The summed E-state index contributed by atoms with van der Waals surface area (Å²) < 4.78 is 0. The quantitative estimate of drug-likeness (QED) is 0.214. The SMILES string of the molecule is CC(O)CCCCCCCCCCCCCCCCCCCCN(C)C. The van der Waals surface area contributed by atoms with Gasteiger partial charge < -0.3 is 10.0 Å². The first-order valence-electron chi connectivity index (χ1n) is 12.0. The molecular formula is C24H51NO. The lowest BCUT2D eigenvalue weighted by Crippen LogP contribution is -2.12. The maximum Gasteiger partial charge on any atom is 0.0512 e. The van der Waals surface area contributed by atoms with Crippen LogP contribution in [0.4, 0.5) is 0 Å². The Morgan fingerprint density at radius 2 is 0.769 bits per heavy atom. The fourth-order valence-electron chi connectivity index (χ4n) is 3.70. The molecule has 0 saturated heterocycles. The Morgan fingerprint density at radius 1 is 0.500 bits per heavy atom. The molecule has 0 aliphatic rings. The van der Waals surface area contributed by atoms with E-state index in [9.17, 15) is 5.11 Å². The number of hydrogen-bond donors (Lipinski definition) is 1. The van der Waals surface area contributed by atoms with Gasteiger partial charge in [0.2, 0.25) is 0 Å². The van der Waals surface area contributed by atoms with E-state index in [0.29, 0.717) is 0 Å². The fourth-order valence-corrected chi connectivity index (χ4v) is 3.70. The molecule has 1 N–H and O–H groups in total. The van der Waals surface area contributed by atoms with Crippen LogP contribution in [0, 0.1) is 0 Å². The second kappa shape index (κ2) is 21.2. The summed E-state index contributed by atoms with van der Waals surface area (Å²) in [6.45, 7) is 3.15. The number of unbranched alkanes of at least 4 members (excludes halogenated alkanes) is 17. The van der Waals surface area contributed by atoms with E-state index in [-0.39, 0.29) is 6.10 Å². The minimum absolute atomic E-state index is 0.104. The molecule has 0 aromatic carbocycles. The first-order valence-corrected chi connectivity index (χ1v) is 12.0. The van der Waals surface area contributed by atoms with Gasteiger partial charge in [0.15, 0.2) is 0 Å². The molecule has 26 heavy (non-hydrogen) atoms. The van der Waals surface area contributed by atoms with Gasteiger partial charge in [0.05, 0.1) is 6.10 Å². The van der Waals surface area contributed by atoms with E-state index >= 15 is 0 Å². The molecule has 158 valence electrons. The number of aliphatic hydroxyl groups excluding tert-OH is 1. The van der Waals surface area contributed by atoms with Crippen molar-refractivity contribution in [1.82, 2.24) is 4.90 Å². The monoisotopic (exact) mass is 369 g/mol. The Balaban J connectivity index is 2.99. The Labute approximate surface area is 166 Å². The summed E-state index contributed by atoms with van der Waals surface area (Å²) in [5, 5.41) is 9.21. The van der Waals surface area contributed by atoms with Crippen molar-refractivity contribution in [3.8, 4) is 0 Å². The highest BCUT2D eigenvalue weighted by Gasteiger charge is 1.97. The van der Waals surface area contributed by atoms with Crippen molar-refractivity contribution >= 4 is 0 Å². The first kappa shape index (κ1) is 25.9. The van der Waals surface area contributed by atoms with Gasteiger partial charge >= 0.3 is 0 Å². The van der Waals surface area contributed by atoms with Gasteiger partial charge in [-0.1, -0.05) is 109 Å². The maximum atomic E-state index is 9.21. The molecular weight excluding hydrogens is 318 g/mol. The van der Waals surface area contributed by atoms with Gasteiger partial charge in [-0.25, -0.2) is 0 Å². The molecule has 1 unspecified atom stereocenters. The second-order valence-corrected chi connectivity index (χ2v) is 8.80. The molecule has 0 aromatic heterocycles. The van der Waals surface area contributed by atoms with Crippen LogP contribution in [0.25, 0.3) is 0 Å². The zero-order valence-electron chi connectivity index (χ0n) is 18.6. The molecule has 1 atom stereocenters. The van der Waals surface area contributed by atoms with E-state index in [0.717, 1.165) is 6.42 Å². The minimum atomic E-state index is -0.104. The highest BCUT2D eigenvalue weighted by molar-refractivity contribution is 4.52. The standard InChI is InChI=1S/C24H51NO/c1-24(26)22-20-18-16-14-12-10-8-6-4-5-7-9-11-13-15-17-19-21-23-25(2)3/h24,26H,4-23H2,1-3H3. The molecule has 0 amide bonds. The van der Waals surface area contributed by atoms with E-state index in [4.69, 9.17) is 0 Å². The highest BCUT2D eigenvalue weighted by atomic mass is 16.3. The van der Waals surface area contributed by atoms with Crippen LogP contribution in [0.5, 0.6) is 0 Å². The first-order chi connectivity index (χ1) is 12.6. The summed E-state index contributed by atoms with van der Waals surface area (Å²) >= 11 is 0. The summed E-state index contributed by atoms with van der Waals surface area (Å²) in [6.07, 6.45) is 26.3. The zero-order valence-corrected chi connectivity index (χ0v) is 18.6. The summed E-state index contributed by atoms with van der Waals surface area (Å²) in [6, 6.07) is 0. The van der Waals surface area contributed by atoms with Crippen LogP contribution in [0.2, 0.25) is 0 Å². The Kier molecular flexibility index (Phi) is 21.2. The largest absolute Gasteiger partial charge is 0.393 e. The average Bonchev–Trinajstić information content (AvgIpc) is 2.59. The molecule has 2 heteroatoms. The van der Waals surface area contributed by atoms with E-state index < -0.39 is 0 Å². The fraction of sp³-hybridized carbons (Fsp3) is 1.00. The van der Waals surface area contributed by atoms with Crippen LogP contribution in [0.15, 0.2) is 0 Å². The van der Waals surface area contributed by atoms with Gasteiger partial charge in [0, 0.05) is 0 Å². The molecule has 0 saturated carbocycles. The summed E-state index contributed by atoms with van der Waals surface area (Å²) in [7, 11) is 4.34. The minimum Gasteiger partial charge on any atom is -0.393 e. The Bertz CT molecular complexity index is 227. The van der Waals surface area contributed by atoms with E-state index in [1.165, 1.54) is 122 Å². The van der Waals surface area contributed by atoms with Crippen molar-refractivity contribution in [1.29, 1.82) is 0 Å². The third-order valence-corrected chi connectivity index (χ3v) is 5.48. The van der Waals surface area contributed by atoms with Gasteiger partial charge in [-0.3, -0.25) is 0 Å². The Hall–Kier alpha value is -0.0800. The van der Waals surface area contributed by atoms with Gasteiger partial charge in [-0.15, -0.1) is 0 Å². The second-order valence-electron chi connectivity index (χ2n) is 8.80. The molecule has 2 nitrogen and oxygen atoms in total. The average molecular weight is 370 g/mol. The van der Waals surface area contributed by atoms with Crippen molar-refractivity contribution < 1.29 is 5.11 Å². The smallest absolute Gasteiger partial charge is 0.0512 e. The molecule has 0 aliphatic heterocycles. The highest BCUT2D eigenvalue weighted by Crippen LogP contribution is 2.14. The van der Waals surface area contributed by atoms with E-state index in [2.05, 4.69) is 19.0 Å². The van der Waals surface area contributed by atoms with Gasteiger partial charge in [-0.2, -0.15) is 0 Å². The van der Waals surface area contributed by atoms with Crippen molar-refractivity contribution in [3.63, 3.8) is 0 Å². The van der Waals surface area contributed by atoms with Crippen molar-refractivity contribution in [2.75, 3.05) is 20.6 Å². The summed E-state index contributed by atoms with van der Waals surface area (Å²) in [5.41, 5.74) is 0. The van der Waals surface area contributed by atoms with Gasteiger partial charge in [0.1, 0.15) is 0 Å².